The van der Waals surface area contributed by atoms with Crippen molar-refractivity contribution in [2.45, 2.75) is 31.6 Å². The van der Waals surface area contributed by atoms with Crippen molar-refractivity contribution in [1.82, 2.24) is 5.32 Å². The molecule has 0 saturated carbocycles. The second-order valence-corrected chi connectivity index (χ2v) is 5.36. The SMILES string of the molecule is CCN1C(=O)CC2(CCNCC2)c2ccccc21. The van der Waals surface area contributed by atoms with Crippen molar-refractivity contribution in [3.8, 4) is 0 Å². The molecule has 2 aliphatic rings. The van der Waals surface area contributed by atoms with E-state index in [1.54, 1.807) is 0 Å². The van der Waals surface area contributed by atoms with Gasteiger partial charge in [0.05, 0.1) is 0 Å². The molecule has 0 aliphatic carbocycles. The molecule has 1 spiro atoms. The van der Waals surface area contributed by atoms with Gasteiger partial charge in [0.1, 0.15) is 0 Å². The molecule has 0 radical (unpaired) electrons. The molecule has 1 aromatic rings. The maximum absolute atomic E-state index is 12.4. The molecule has 0 unspecified atom stereocenters. The van der Waals surface area contributed by atoms with E-state index in [1.807, 2.05) is 11.0 Å². The lowest BCUT2D eigenvalue weighted by Crippen LogP contribution is -2.49. The molecule has 2 heterocycles. The van der Waals surface area contributed by atoms with Gasteiger partial charge in [-0.05, 0) is 44.5 Å². The average Bonchev–Trinajstić information content (AvgIpc) is 2.40. The maximum Gasteiger partial charge on any atom is 0.227 e. The minimum atomic E-state index is 0.0879. The summed E-state index contributed by atoms with van der Waals surface area (Å²) in [5, 5.41) is 3.40. The fourth-order valence-corrected chi connectivity index (χ4v) is 3.47. The molecular weight excluding hydrogens is 224 g/mol. The Morgan fingerprint density at radius 2 is 2.00 bits per heavy atom. The molecule has 0 aromatic heterocycles. The van der Waals surface area contributed by atoms with Crippen LogP contribution in [0, 0.1) is 0 Å². The third kappa shape index (κ3) is 1.65. The van der Waals surface area contributed by atoms with E-state index >= 15 is 0 Å². The fourth-order valence-electron chi connectivity index (χ4n) is 3.47. The number of anilines is 1. The Labute approximate surface area is 108 Å². The van der Waals surface area contributed by atoms with Gasteiger partial charge in [-0.15, -0.1) is 0 Å². The van der Waals surface area contributed by atoms with Gasteiger partial charge >= 0.3 is 0 Å². The van der Waals surface area contributed by atoms with Gasteiger partial charge in [0.25, 0.3) is 0 Å². The van der Waals surface area contributed by atoms with Crippen molar-refractivity contribution in [2.24, 2.45) is 0 Å². The van der Waals surface area contributed by atoms with Gasteiger partial charge in [-0.1, -0.05) is 18.2 Å². The van der Waals surface area contributed by atoms with Crippen LogP contribution in [0.2, 0.25) is 0 Å². The third-order valence-corrected chi connectivity index (χ3v) is 4.43. The summed E-state index contributed by atoms with van der Waals surface area (Å²) in [6.07, 6.45) is 2.83. The van der Waals surface area contributed by atoms with Gasteiger partial charge in [-0.25, -0.2) is 0 Å². The number of carbonyl (C=O) groups excluding carboxylic acids is 1. The first-order valence-corrected chi connectivity index (χ1v) is 6.87. The van der Waals surface area contributed by atoms with Crippen LogP contribution >= 0.6 is 0 Å². The fraction of sp³-hybridized carbons (Fsp3) is 0.533. The van der Waals surface area contributed by atoms with E-state index in [1.165, 1.54) is 5.56 Å². The Kier molecular flexibility index (Phi) is 2.86. The van der Waals surface area contributed by atoms with E-state index in [0.717, 1.165) is 38.2 Å². The van der Waals surface area contributed by atoms with Gasteiger partial charge < -0.3 is 10.2 Å². The lowest BCUT2D eigenvalue weighted by molar-refractivity contribution is -0.120. The first-order chi connectivity index (χ1) is 8.77. The standard InChI is InChI=1S/C15H20N2O/c1-2-17-13-6-4-3-5-12(13)15(11-14(17)18)7-9-16-10-8-15/h3-6,16H,2,7-11H2,1H3. The Balaban J connectivity index is 2.10. The van der Waals surface area contributed by atoms with Gasteiger partial charge in [0.15, 0.2) is 0 Å². The highest BCUT2D eigenvalue weighted by atomic mass is 16.2. The molecule has 1 saturated heterocycles. The molecule has 3 heteroatoms. The smallest absolute Gasteiger partial charge is 0.227 e. The van der Waals surface area contributed by atoms with Gasteiger partial charge in [0, 0.05) is 24.1 Å². The zero-order chi connectivity index (χ0) is 12.6. The quantitative estimate of drug-likeness (QED) is 0.820. The van der Waals surface area contributed by atoms with Crippen LogP contribution in [0.1, 0.15) is 31.7 Å². The van der Waals surface area contributed by atoms with E-state index in [9.17, 15) is 4.79 Å². The highest BCUT2D eigenvalue weighted by molar-refractivity contribution is 5.97. The highest BCUT2D eigenvalue weighted by Crippen LogP contribution is 2.45. The molecule has 1 aromatic carbocycles. The van der Waals surface area contributed by atoms with E-state index in [2.05, 4.69) is 30.4 Å². The molecule has 18 heavy (non-hydrogen) atoms. The van der Waals surface area contributed by atoms with Crippen LogP contribution in [0.4, 0.5) is 5.69 Å². The monoisotopic (exact) mass is 244 g/mol. The van der Waals surface area contributed by atoms with Crippen molar-refractivity contribution in [3.05, 3.63) is 29.8 Å². The summed E-state index contributed by atoms with van der Waals surface area (Å²) in [5.74, 6) is 0.290. The summed E-state index contributed by atoms with van der Waals surface area (Å²) in [6, 6.07) is 8.45. The molecule has 0 atom stereocenters. The topological polar surface area (TPSA) is 32.3 Å². The van der Waals surface area contributed by atoms with Crippen LogP contribution in [0.3, 0.4) is 0 Å². The predicted molar refractivity (Wildman–Crippen MR) is 72.9 cm³/mol. The second-order valence-electron chi connectivity index (χ2n) is 5.36. The number of nitrogens with one attached hydrogen (secondary N) is 1. The Hall–Kier alpha value is -1.35. The maximum atomic E-state index is 12.4. The number of para-hydroxylation sites is 1. The number of fused-ring (bicyclic) bond motifs is 2. The number of nitrogens with zero attached hydrogens (tertiary/aromatic N) is 1. The molecule has 96 valence electrons. The zero-order valence-corrected chi connectivity index (χ0v) is 10.9. The number of benzene rings is 1. The second kappa shape index (κ2) is 4.39. The molecule has 0 bridgehead atoms. The van der Waals surface area contributed by atoms with Crippen LogP contribution < -0.4 is 10.2 Å². The largest absolute Gasteiger partial charge is 0.317 e. The highest BCUT2D eigenvalue weighted by Gasteiger charge is 2.43. The van der Waals surface area contributed by atoms with Crippen molar-refractivity contribution < 1.29 is 4.79 Å². The first kappa shape index (κ1) is 11.7. The predicted octanol–water partition coefficient (Wildman–Crippen LogP) is 2.06. The summed E-state index contributed by atoms with van der Waals surface area (Å²) in [5.41, 5.74) is 2.61. The van der Waals surface area contributed by atoms with Crippen molar-refractivity contribution in [2.75, 3.05) is 24.5 Å². The summed E-state index contributed by atoms with van der Waals surface area (Å²) >= 11 is 0. The number of hydrogen-bond acceptors (Lipinski definition) is 2. The van der Waals surface area contributed by atoms with Crippen molar-refractivity contribution in [3.63, 3.8) is 0 Å². The van der Waals surface area contributed by atoms with E-state index in [-0.39, 0.29) is 11.3 Å². The molecular formula is C15H20N2O. The zero-order valence-electron chi connectivity index (χ0n) is 10.9. The van der Waals surface area contributed by atoms with Crippen molar-refractivity contribution in [1.29, 1.82) is 0 Å². The number of carbonyl (C=O) groups is 1. The lowest BCUT2D eigenvalue weighted by atomic mass is 9.68. The van der Waals surface area contributed by atoms with E-state index < -0.39 is 0 Å². The summed E-state index contributed by atoms with van der Waals surface area (Å²) in [6.45, 7) is 4.86. The Bertz CT molecular complexity index is 463. The molecule has 3 rings (SSSR count). The Morgan fingerprint density at radius 3 is 2.72 bits per heavy atom. The summed E-state index contributed by atoms with van der Waals surface area (Å²) < 4.78 is 0. The minimum Gasteiger partial charge on any atom is -0.317 e. The average molecular weight is 244 g/mol. The normalized spacial score (nSPS) is 22.1. The summed E-state index contributed by atoms with van der Waals surface area (Å²) in [4.78, 5) is 14.3. The molecule has 1 N–H and O–H groups in total. The minimum absolute atomic E-state index is 0.0879. The van der Waals surface area contributed by atoms with Crippen LogP contribution in [0.25, 0.3) is 0 Å². The molecule has 2 aliphatic heterocycles. The summed E-state index contributed by atoms with van der Waals surface area (Å²) in [7, 11) is 0. The van der Waals surface area contributed by atoms with Crippen LogP contribution in [0.5, 0.6) is 0 Å². The third-order valence-electron chi connectivity index (χ3n) is 4.43. The van der Waals surface area contributed by atoms with E-state index in [0.29, 0.717) is 6.42 Å². The van der Waals surface area contributed by atoms with Gasteiger partial charge in [-0.2, -0.15) is 0 Å². The Morgan fingerprint density at radius 1 is 1.28 bits per heavy atom. The number of hydrogen-bond donors (Lipinski definition) is 1. The van der Waals surface area contributed by atoms with Gasteiger partial charge in [0.2, 0.25) is 5.91 Å². The number of rotatable bonds is 1. The van der Waals surface area contributed by atoms with Crippen LogP contribution in [-0.2, 0) is 10.2 Å². The van der Waals surface area contributed by atoms with Crippen LogP contribution in [-0.4, -0.2) is 25.5 Å². The number of amides is 1. The van der Waals surface area contributed by atoms with Crippen LogP contribution in [0.15, 0.2) is 24.3 Å². The first-order valence-electron chi connectivity index (χ1n) is 6.87. The lowest BCUT2D eigenvalue weighted by Gasteiger charge is -2.45. The van der Waals surface area contributed by atoms with Crippen molar-refractivity contribution >= 4 is 11.6 Å². The molecule has 3 nitrogen and oxygen atoms in total. The van der Waals surface area contributed by atoms with Gasteiger partial charge in [-0.3, -0.25) is 4.79 Å². The number of piperidine rings is 1. The van der Waals surface area contributed by atoms with E-state index in [4.69, 9.17) is 0 Å². The molecule has 1 fully saturated rings. The molecule has 1 amide bonds.